The third kappa shape index (κ3) is 6.61. The van der Waals surface area contributed by atoms with Crippen LogP contribution in [-0.2, 0) is 26.5 Å². The van der Waals surface area contributed by atoms with E-state index in [9.17, 15) is 4.79 Å². The number of carbonyl (C=O) groups excluding carboxylic acids is 1. The topological polar surface area (TPSA) is 17.1 Å². The molecule has 0 aromatic heterocycles. The molecule has 0 spiro atoms. The Morgan fingerprint density at radius 1 is 0.283 bits per heavy atom. The molecule has 0 atom stereocenters. The first-order chi connectivity index (χ1) is 21.3. The molecule has 1 aliphatic carbocycles. The highest BCUT2D eigenvalue weighted by Crippen LogP contribution is 2.50. The number of benzene rings is 4. The van der Waals surface area contributed by atoms with E-state index in [-0.39, 0.29) is 27.4 Å². The van der Waals surface area contributed by atoms with Crippen LogP contribution in [0.5, 0.6) is 0 Å². The van der Waals surface area contributed by atoms with Gasteiger partial charge in [0.2, 0.25) is 0 Å². The van der Waals surface area contributed by atoms with Crippen LogP contribution in [0.3, 0.4) is 0 Å². The zero-order valence-electron chi connectivity index (χ0n) is 30.1. The van der Waals surface area contributed by atoms with Gasteiger partial charge in [-0.25, -0.2) is 0 Å². The molecule has 0 heterocycles. The monoisotopic (exact) mass is 608 g/mol. The highest BCUT2D eigenvalue weighted by atomic mass is 16.1. The molecule has 0 unspecified atom stereocenters. The van der Waals surface area contributed by atoms with Crippen molar-refractivity contribution in [2.24, 2.45) is 0 Å². The summed E-state index contributed by atoms with van der Waals surface area (Å²) in [5.41, 5.74) is 12.8. The molecule has 5 rings (SSSR count). The molecule has 0 amide bonds. The van der Waals surface area contributed by atoms with Crippen molar-refractivity contribution in [3.05, 3.63) is 142 Å². The quantitative estimate of drug-likeness (QED) is 0.225. The largest absolute Gasteiger partial charge is 0.289 e. The summed E-state index contributed by atoms with van der Waals surface area (Å²) < 4.78 is 0. The first-order valence-electron chi connectivity index (χ1n) is 16.7. The molecule has 238 valence electrons. The van der Waals surface area contributed by atoms with Crippen LogP contribution in [0, 0.1) is 0 Å². The highest BCUT2D eigenvalue weighted by molar-refractivity contribution is 6.59. The molecule has 0 fully saturated rings. The Kier molecular flexibility index (Phi) is 8.48. The van der Waals surface area contributed by atoms with Crippen molar-refractivity contribution in [1.29, 1.82) is 0 Å². The molecule has 1 heteroatoms. The third-order valence-electron chi connectivity index (χ3n) is 9.36. The lowest BCUT2D eigenvalue weighted by Crippen LogP contribution is -2.11. The fraction of sp³-hybridized carbons (Fsp3) is 0.356. The molecule has 0 saturated carbocycles. The van der Waals surface area contributed by atoms with Crippen LogP contribution < -0.4 is 0 Å². The Morgan fingerprint density at radius 2 is 0.457 bits per heavy atom. The summed E-state index contributed by atoms with van der Waals surface area (Å²) in [5, 5.41) is 0. The summed E-state index contributed by atoms with van der Waals surface area (Å²) in [6.07, 6.45) is 0. The zero-order valence-corrected chi connectivity index (χ0v) is 30.1. The minimum Gasteiger partial charge on any atom is -0.289 e. The van der Waals surface area contributed by atoms with Gasteiger partial charge in [0.05, 0.1) is 0 Å². The molecule has 0 N–H and O–H groups in total. The SMILES string of the molecule is CC(C)(C)c1ccc(C2=C(c3ccc(C(C)(C)C)cc3)C(c3ccc(C(C)(C)C)cc3)=C(c3ccc(C(C)(C)C)cc3)C2=O)cc1. The fourth-order valence-electron chi connectivity index (χ4n) is 6.28. The van der Waals surface area contributed by atoms with E-state index in [1.807, 2.05) is 0 Å². The number of hydrogen-bond donors (Lipinski definition) is 0. The summed E-state index contributed by atoms with van der Waals surface area (Å²) >= 11 is 0. The van der Waals surface area contributed by atoms with Gasteiger partial charge in [0, 0.05) is 22.3 Å². The normalized spacial score (nSPS) is 14.8. The summed E-state index contributed by atoms with van der Waals surface area (Å²) in [7, 11) is 0. The Labute approximate surface area is 278 Å². The number of carbonyl (C=O) groups is 1. The molecule has 0 saturated heterocycles. The average Bonchev–Trinajstić information content (AvgIpc) is 3.28. The second-order valence-corrected chi connectivity index (χ2v) is 17.1. The van der Waals surface area contributed by atoms with Gasteiger partial charge in [0.1, 0.15) is 0 Å². The van der Waals surface area contributed by atoms with Crippen molar-refractivity contribution in [1.82, 2.24) is 0 Å². The van der Waals surface area contributed by atoms with Gasteiger partial charge in [0.25, 0.3) is 0 Å². The van der Waals surface area contributed by atoms with Crippen molar-refractivity contribution in [2.45, 2.75) is 105 Å². The van der Waals surface area contributed by atoms with Gasteiger partial charge in [-0.3, -0.25) is 4.79 Å². The fourth-order valence-corrected chi connectivity index (χ4v) is 6.28. The predicted molar refractivity (Wildman–Crippen MR) is 199 cm³/mol. The summed E-state index contributed by atoms with van der Waals surface area (Å²) in [4.78, 5) is 15.0. The molecule has 0 bridgehead atoms. The van der Waals surface area contributed by atoms with Crippen molar-refractivity contribution < 1.29 is 4.79 Å². The smallest absolute Gasteiger partial charge is 0.195 e. The molecular formula is C45H52O. The Bertz CT molecular complexity index is 1660. The van der Waals surface area contributed by atoms with Crippen molar-refractivity contribution in [3.63, 3.8) is 0 Å². The lowest BCUT2D eigenvalue weighted by atomic mass is 9.82. The van der Waals surface area contributed by atoms with Gasteiger partial charge >= 0.3 is 0 Å². The third-order valence-corrected chi connectivity index (χ3v) is 9.36. The first-order valence-corrected chi connectivity index (χ1v) is 16.7. The first kappa shape index (κ1) is 33.4. The zero-order chi connectivity index (χ0) is 33.8. The van der Waals surface area contributed by atoms with Gasteiger partial charge in [-0.2, -0.15) is 0 Å². The number of ketones is 1. The molecule has 4 aromatic rings. The van der Waals surface area contributed by atoms with E-state index >= 15 is 0 Å². The van der Waals surface area contributed by atoms with Crippen LogP contribution >= 0.6 is 0 Å². The van der Waals surface area contributed by atoms with E-state index in [0.717, 1.165) is 44.5 Å². The van der Waals surface area contributed by atoms with Gasteiger partial charge in [-0.05, 0) is 66.2 Å². The van der Waals surface area contributed by atoms with E-state index in [1.54, 1.807) is 0 Å². The molecule has 1 nitrogen and oxygen atoms in total. The van der Waals surface area contributed by atoms with Crippen LogP contribution in [0.4, 0.5) is 0 Å². The second-order valence-electron chi connectivity index (χ2n) is 17.1. The minimum absolute atomic E-state index is 0.0242. The van der Waals surface area contributed by atoms with Gasteiger partial charge in [-0.15, -0.1) is 0 Å². The molecule has 0 radical (unpaired) electrons. The standard InChI is InChI=1S/C45H52O/c1-42(2,3)33-21-13-29(14-22-33)37-38(30-15-23-34(24-16-30)43(4,5)6)40(32-19-27-36(28-20-32)45(10,11)12)41(46)39(37)31-17-25-35(26-18-31)44(7,8)9/h13-28H,1-12H3. The van der Waals surface area contributed by atoms with Crippen molar-refractivity contribution in [3.8, 4) is 0 Å². The summed E-state index contributed by atoms with van der Waals surface area (Å²) in [6, 6.07) is 35.1. The van der Waals surface area contributed by atoms with Crippen LogP contribution in [0.1, 0.15) is 128 Å². The van der Waals surface area contributed by atoms with Crippen LogP contribution in [0.15, 0.2) is 97.1 Å². The number of Topliss-reactive ketones (excluding diaryl/α,β-unsaturated/α-hetero) is 1. The molecule has 46 heavy (non-hydrogen) atoms. The van der Waals surface area contributed by atoms with E-state index in [2.05, 4.69) is 180 Å². The van der Waals surface area contributed by atoms with Crippen molar-refractivity contribution in [2.75, 3.05) is 0 Å². The molecule has 4 aromatic carbocycles. The average molecular weight is 609 g/mol. The summed E-state index contributed by atoms with van der Waals surface area (Å²) in [5.74, 6) is 0.0804. The minimum atomic E-state index is 0.0242. The van der Waals surface area contributed by atoms with Crippen LogP contribution in [0.2, 0.25) is 0 Å². The number of rotatable bonds is 4. The maximum absolute atomic E-state index is 15.0. The Hall–Kier alpha value is -3.97. The molecular weight excluding hydrogens is 556 g/mol. The molecule has 0 aliphatic heterocycles. The van der Waals surface area contributed by atoms with E-state index < -0.39 is 0 Å². The summed E-state index contributed by atoms with van der Waals surface area (Å²) in [6.45, 7) is 26.8. The van der Waals surface area contributed by atoms with Gasteiger partial charge in [-0.1, -0.05) is 180 Å². The maximum Gasteiger partial charge on any atom is 0.195 e. The Balaban J connectivity index is 1.82. The van der Waals surface area contributed by atoms with Crippen LogP contribution in [0.25, 0.3) is 22.3 Å². The molecule has 1 aliphatic rings. The Morgan fingerprint density at radius 3 is 0.630 bits per heavy atom. The second kappa shape index (κ2) is 11.7. The van der Waals surface area contributed by atoms with Gasteiger partial charge in [0.15, 0.2) is 5.78 Å². The maximum atomic E-state index is 15.0. The predicted octanol–water partition coefficient (Wildman–Crippen LogP) is 12.0. The van der Waals surface area contributed by atoms with E-state index in [1.165, 1.54) is 22.3 Å². The van der Waals surface area contributed by atoms with Crippen LogP contribution in [-0.4, -0.2) is 5.78 Å². The number of allylic oxidation sites excluding steroid dienone is 4. The van der Waals surface area contributed by atoms with Crippen molar-refractivity contribution >= 4 is 28.1 Å². The number of hydrogen-bond acceptors (Lipinski definition) is 1. The van der Waals surface area contributed by atoms with Gasteiger partial charge < -0.3 is 0 Å². The lowest BCUT2D eigenvalue weighted by Gasteiger charge is -2.22. The highest BCUT2D eigenvalue weighted by Gasteiger charge is 2.36. The van der Waals surface area contributed by atoms with E-state index in [0.29, 0.717) is 0 Å². The lowest BCUT2D eigenvalue weighted by molar-refractivity contribution is -0.108. The van der Waals surface area contributed by atoms with E-state index in [4.69, 9.17) is 0 Å².